The molecule has 2 aliphatic rings. The lowest BCUT2D eigenvalue weighted by molar-refractivity contribution is 0.432. The quantitative estimate of drug-likeness (QED) is 0.850. The molecule has 92 valence electrons. The van der Waals surface area contributed by atoms with Crippen molar-refractivity contribution in [1.82, 2.24) is 9.55 Å². The molecule has 1 aromatic rings. The number of hydrogen-bond donors (Lipinski definition) is 1. The summed E-state index contributed by atoms with van der Waals surface area (Å²) < 4.78 is 1.38. The lowest BCUT2D eigenvalue weighted by Gasteiger charge is -2.21. The van der Waals surface area contributed by atoms with Gasteiger partial charge in [0.05, 0.1) is 0 Å². The molecule has 1 heterocycles. The Morgan fingerprint density at radius 1 is 1.06 bits per heavy atom. The summed E-state index contributed by atoms with van der Waals surface area (Å²) in [5.41, 5.74) is 0.536. The molecule has 0 aliphatic heterocycles. The van der Waals surface area contributed by atoms with Crippen LogP contribution in [0.1, 0.15) is 62.6 Å². The van der Waals surface area contributed by atoms with Gasteiger partial charge in [-0.1, -0.05) is 19.3 Å². The third kappa shape index (κ3) is 2.08. The average Bonchev–Trinajstić information content (AvgIpc) is 3.14. The van der Waals surface area contributed by atoms with E-state index in [-0.39, 0.29) is 17.3 Å². The van der Waals surface area contributed by atoms with Gasteiger partial charge in [0.15, 0.2) is 0 Å². The average molecular weight is 234 g/mol. The lowest BCUT2D eigenvalue weighted by atomic mass is 9.87. The second kappa shape index (κ2) is 4.17. The van der Waals surface area contributed by atoms with Crippen LogP contribution >= 0.6 is 0 Å². The molecule has 0 aromatic carbocycles. The highest BCUT2D eigenvalue weighted by atomic mass is 16.2. The zero-order valence-electron chi connectivity index (χ0n) is 9.95. The molecule has 2 aliphatic carbocycles. The fraction of sp³-hybridized carbons (Fsp3) is 0.692. The monoisotopic (exact) mass is 234 g/mol. The summed E-state index contributed by atoms with van der Waals surface area (Å²) in [5.74, 6) is 0.387. The summed E-state index contributed by atoms with van der Waals surface area (Å²) in [7, 11) is 0. The van der Waals surface area contributed by atoms with Crippen molar-refractivity contribution in [3.8, 4) is 0 Å². The minimum Gasteiger partial charge on any atom is -0.311 e. The van der Waals surface area contributed by atoms with E-state index in [0.717, 1.165) is 31.4 Å². The van der Waals surface area contributed by atoms with Gasteiger partial charge in [0.25, 0.3) is 5.56 Å². The second-order valence-corrected chi connectivity index (χ2v) is 5.30. The summed E-state index contributed by atoms with van der Waals surface area (Å²) >= 11 is 0. The Hall–Kier alpha value is -1.32. The van der Waals surface area contributed by atoms with Crippen molar-refractivity contribution in [3.63, 3.8) is 0 Å². The van der Waals surface area contributed by atoms with E-state index < -0.39 is 0 Å². The molecule has 17 heavy (non-hydrogen) atoms. The van der Waals surface area contributed by atoms with Crippen molar-refractivity contribution in [2.45, 2.75) is 56.9 Å². The molecule has 0 saturated heterocycles. The molecule has 0 amide bonds. The Bertz CT molecular complexity index is 488. The maximum absolute atomic E-state index is 11.9. The topological polar surface area (TPSA) is 54.9 Å². The summed E-state index contributed by atoms with van der Waals surface area (Å²) in [6.45, 7) is 0. The van der Waals surface area contributed by atoms with Gasteiger partial charge in [0.1, 0.15) is 0 Å². The van der Waals surface area contributed by atoms with E-state index in [0.29, 0.717) is 5.92 Å². The highest BCUT2D eigenvalue weighted by Crippen LogP contribution is 2.33. The summed E-state index contributed by atoms with van der Waals surface area (Å²) in [6, 6.07) is 1.81. The molecule has 3 rings (SSSR count). The highest BCUT2D eigenvalue weighted by molar-refractivity contribution is 5.08. The number of nitrogens with zero attached hydrogens (tertiary/aromatic N) is 1. The fourth-order valence-electron chi connectivity index (χ4n) is 2.83. The highest BCUT2D eigenvalue weighted by Gasteiger charge is 2.27. The van der Waals surface area contributed by atoms with Crippen LogP contribution in [0.3, 0.4) is 0 Å². The molecule has 4 heteroatoms. The summed E-state index contributed by atoms with van der Waals surface area (Å²) in [4.78, 5) is 26.7. The molecule has 0 spiro atoms. The Morgan fingerprint density at radius 2 is 1.76 bits per heavy atom. The minimum atomic E-state index is -0.208. The van der Waals surface area contributed by atoms with Gasteiger partial charge in [-0.25, -0.2) is 4.79 Å². The standard InChI is InChI=1S/C13H18N2O2/c16-12-8-11(9-4-2-1-3-5-9)14-13(17)15(12)10-6-7-10/h8-10H,1-7H2,(H,14,17). The number of H-pyrrole nitrogens is 1. The molecule has 0 radical (unpaired) electrons. The SMILES string of the molecule is O=c1cc(C2CCCCC2)[nH]c(=O)n1C1CC1. The summed E-state index contributed by atoms with van der Waals surface area (Å²) in [5, 5.41) is 0. The number of rotatable bonds is 2. The van der Waals surface area contributed by atoms with E-state index in [1.165, 1.54) is 23.8 Å². The minimum absolute atomic E-state index is 0.114. The van der Waals surface area contributed by atoms with Gasteiger partial charge in [0, 0.05) is 17.8 Å². The van der Waals surface area contributed by atoms with Gasteiger partial charge in [0.2, 0.25) is 0 Å². The molecule has 0 bridgehead atoms. The first-order valence-corrected chi connectivity index (χ1v) is 6.61. The van der Waals surface area contributed by atoms with Gasteiger partial charge >= 0.3 is 5.69 Å². The third-order valence-corrected chi connectivity index (χ3v) is 3.94. The van der Waals surface area contributed by atoms with Crippen LogP contribution in [0.4, 0.5) is 0 Å². The van der Waals surface area contributed by atoms with Crippen molar-refractivity contribution in [3.05, 3.63) is 32.6 Å². The lowest BCUT2D eigenvalue weighted by Crippen LogP contribution is -2.35. The molecule has 4 nitrogen and oxygen atoms in total. The van der Waals surface area contributed by atoms with Crippen molar-refractivity contribution in [2.24, 2.45) is 0 Å². The van der Waals surface area contributed by atoms with Crippen LogP contribution in [0.25, 0.3) is 0 Å². The van der Waals surface area contributed by atoms with Crippen LogP contribution in [0.5, 0.6) is 0 Å². The van der Waals surface area contributed by atoms with E-state index in [1.807, 2.05) is 0 Å². The zero-order chi connectivity index (χ0) is 11.8. The van der Waals surface area contributed by atoms with Crippen molar-refractivity contribution in [1.29, 1.82) is 0 Å². The normalized spacial score (nSPS) is 21.6. The number of nitrogens with one attached hydrogen (secondary N) is 1. The van der Waals surface area contributed by atoms with Gasteiger partial charge in [-0.15, -0.1) is 0 Å². The van der Waals surface area contributed by atoms with Gasteiger partial charge < -0.3 is 4.98 Å². The Kier molecular flexibility index (Phi) is 2.65. The second-order valence-electron chi connectivity index (χ2n) is 5.30. The molecular weight excluding hydrogens is 216 g/mol. The van der Waals surface area contributed by atoms with Crippen LogP contribution in [0.15, 0.2) is 15.7 Å². The van der Waals surface area contributed by atoms with Crippen LogP contribution in [-0.2, 0) is 0 Å². The van der Waals surface area contributed by atoms with Crippen molar-refractivity contribution >= 4 is 0 Å². The van der Waals surface area contributed by atoms with Crippen LogP contribution in [0.2, 0.25) is 0 Å². The van der Waals surface area contributed by atoms with Gasteiger partial charge in [-0.3, -0.25) is 9.36 Å². The smallest absolute Gasteiger partial charge is 0.311 e. The van der Waals surface area contributed by atoms with E-state index in [4.69, 9.17) is 0 Å². The molecule has 1 aromatic heterocycles. The third-order valence-electron chi connectivity index (χ3n) is 3.94. The van der Waals surface area contributed by atoms with E-state index >= 15 is 0 Å². The first-order valence-electron chi connectivity index (χ1n) is 6.61. The van der Waals surface area contributed by atoms with Crippen LogP contribution < -0.4 is 11.2 Å². The molecular formula is C13H18N2O2. The van der Waals surface area contributed by atoms with E-state index in [9.17, 15) is 9.59 Å². The first-order chi connectivity index (χ1) is 8.25. The predicted molar refractivity (Wildman–Crippen MR) is 65.4 cm³/mol. The van der Waals surface area contributed by atoms with Crippen molar-refractivity contribution < 1.29 is 0 Å². The van der Waals surface area contributed by atoms with Gasteiger partial charge in [-0.2, -0.15) is 0 Å². The van der Waals surface area contributed by atoms with Crippen molar-refractivity contribution in [2.75, 3.05) is 0 Å². The number of aromatic nitrogens is 2. The summed E-state index contributed by atoms with van der Waals surface area (Å²) in [6.07, 6.45) is 7.82. The predicted octanol–water partition coefficient (Wildman–Crippen LogP) is 1.92. The molecule has 1 N–H and O–H groups in total. The Labute approximate surface area is 99.7 Å². The maximum atomic E-state index is 11.9. The van der Waals surface area contributed by atoms with Crippen LogP contribution in [-0.4, -0.2) is 9.55 Å². The maximum Gasteiger partial charge on any atom is 0.328 e. The Morgan fingerprint density at radius 3 is 2.35 bits per heavy atom. The molecule has 2 fully saturated rings. The van der Waals surface area contributed by atoms with E-state index in [2.05, 4.69) is 4.98 Å². The molecule has 2 saturated carbocycles. The first kappa shape index (κ1) is 10.8. The van der Waals surface area contributed by atoms with Gasteiger partial charge in [-0.05, 0) is 31.6 Å². The molecule has 0 atom stereocenters. The largest absolute Gasteiger partial charge is 0.328 e. The van der Waals surface area contributed by atoms with Crippen LogP contribution in [0, 0.1) is 0 Å². The fourth-order valence-corrected chi connectivity index (χ4v) is 2.83. The molecule has 0 unspecified atom stereocenters. The number of aromatic amines is 1. The Balaban J connectivity index is 1.96. The zero-order valence-corrected chi connectivity index (χ0v) is 9.95. The number of hydrogen-bond acceptors (Lipinski definition) is 2. The van der Waals surface area contributed by atoms with E-state index in [1.54, 1.807) is 6.07 Å².